The molecule has 0 aliphatic carbocycles. The van der Waals surface area contributed by atoms with Gasteiger partial charge in [0, 0.05) is 5.69 Å². The number of anilines is 1. The van der Waals surface area contributed by atoms with Crippen LogP contribution in [0.2, 0.25) is 0 Å². The second-order valence-corrected chi connectivity index (χ2v) is 5.50. The zero-order chi connectivity index (χ0) is 13.4. The monoisotopic (exact) mass is 262 g/mol. The molecule has 0 radical (unpaired) electrons. The molecule has 2 aliphatic heterocycles. The van der Waals surface area contributed by atoms with E-state index in [0.29, 0.717) is 12.1 Å². The fourth-order valence-corrected chi connectivity index (χ4v) is 3.26. The van der Waals surface area contributed by atoms with Gasteiger partial charge in [-0.2, -0.15) is 0 Å². The Labute approximate surface area is 119 Å². The van der Waals surface area contributed by atoms with Gasteiger partial charge in [-0.1, -0.05) is 54.6 Å². The smallest absolute Gasteiger partial charge is 0.0643 e. The van der Waals surface area contributed by atoms with E-state index in [1.54, 1.807) is 0 Å². The molecular formula is C18H18N2. The standard InChI is InChI=1S/C18H18N2/c1-3-7-15-13(5-1)11-12-19-18(15)17-10-9-14-6-2-4-8-16(14)20-17/h1-10,17-20H,11-12H2. The second-order valence-electron chi connectivity index (χ2n) is 5.50. The molecule has 4 rings (SSSR count). The number of hydrogen-bond acceptors (Lipinski definition) is 2. The van der Waals surface area contributed by atoms with Gasteiger partial charge < -0.3 is 10.6 Å². The van der Waals surface area contributed by atoms with Crippen molar-refractivity contribution in [1.29, 1.82) is 0 Å². The van der Waals surface area contributed by atoms with Crippen molar-refractivity contribution >= 4 is 11.8 Å². The van der Waals surface area contributed by atoms with Crippen molar-refractivity contribution in [2.45, 2.75) is 18.5 Å². The van der Waals surface area contributed by atoms with Crippen LogP contribution in [0, 0.1) is 0 Å². The van der Waals surface area contributed by atoms with Crippen molar-refractivity contribution in [3.63, 3.8) is 0 Å². The van der Waals surface area contributed by atoms with Gasteiger partial charge in [0.25, 0.3) is 0 Å². The first-order chi connectivity index (χ1) is 9.92. The van der Waals surface area contributed by atoms with Gasteiger partial charge >= 0.3 is 0 Å². The minimum atomic E-state index is 0.311. The molecule has 2 nitrogen and oxygen atoms in total. The fraction of sp³-hybridized carbons (Fsp3) is 0.222. The Bertz CT molecular complexity index is 660. The molecule has 2 heteroatoms. The Hall–Kier alpha value is -2.06. The molecule has 2 N–H and O–H groups in total. The molecule has 0 amide bonds. The van der Waals surface area contributed by atoms with Crippen LogP contribution in [0.4, 0.5) is 5.69 Å². The normalized spacial score (nSPS) is 23.6. The first-order valence-electron chi connectivity index (χ1n) is 7.27. The minimum absolute atomic E-state index is 0.311. The Morgan fingerprint density at radius 2 is 1.80 bits per heavy atom. The Balaban J connectivity index is 1.68. The molecule has 0 spiro atoms. The van der Waals surface area contributed by atoms with Crippen LogP contribution in [-0.2, 0) is 6.42 Å². The highest BCUT2D eigenvalue weighted by molar-refractivity contribution is 5.71. The van der Waals surface area contributed by atoms with Gasteiger partial charge in [0.05, 0.1) is 12.1 Å². The van der Waals surface area contributed by atoms with Crippen molar-refractivity contribution in [1.82, 2.24) is 5.32 Å². The molecule has 2 unspecified atom stereocenters. The van der Waals surface area contributed by atoms with E-state index in [9.17, 15) is 0 Å². The summed E-state index contributed by atoms with van der Waals surface area (Å²) in [5.74, 6) is 0. The number of hydrogen-bond donors (Lipinski definition) is 2. The lowest BCUT2D eigenvalue weighted by Crippen LogP contribution is -2.41. The number of rotatable bonds is 1. The summed E-state index contributed by atoms with van der Waals surface area (Å²) >= 11 is 0. The lowest BCUT2D eigenvalue weighted by Gasteiger charge is -2.34. The summed E-state index contributed by atoms with van der Waals surface area (Å²) in [5, 5.41) is 7.32. The summed E-state index contributed by atoms with van der Waals surface area (Å²) in [7, 11) is 0. The quantitative estimate of drug-likeness (QED) is 0.823. The zero-order valence-electron chi connectivity index (χ0n) is 11.3. The van der Waals surface area contributed by atoms with Gasteiger partial charge in [-0.05, 0) is 35.7 Å². The van der Waals surface area contributed by atoms with Crippen molar-refractivity contribution in [3.05, 3.63) is 71.3 Å². The van der Waals surface area contributed by atoms with Crippen LogP contribution in [0.1, 0.15) is 22.7 Å². The van der Waals surface area contributed by atoms with Crippen LogP contribution < -0.4 is 10.6 Å². The molecule has 2 aromatic rings. The fourth-order valence-electron chi connectivity index (χ4n) is 3.26. The molecular weight excluding hydrogens is 244 g/mol. The first kappa shape index (κ1) is 11.7. The Morgan fingerprint density at radius 1 is 0.950 bits per heavy atom. The number of para-hydroxylation sites is 1. The number of benzene rings is 2. The van der Waals surface area contributed by atoms with Crippen LogP contribution >= 0.6 is 0 Å². The van der Waals surface area contributed by atoms with Gasteiger partial charge in [-0.15, -0.1) is 0 Å². The van der Waals surface area contributed by atoms with Crippen molar-refractivity contribution < 1.29 is 0 Å². The topological polar surface area (TPSA) is 24.1 Å². The van der Waals surface area contributed by atoms with E-state index in [2.05, 4.69) is 71.3 Å². The van der Waals surface area contributed by atoms with Crippen LogP contribution in [0.3, 0.4) is 0 Å². The molecule has 0 saturated heterocycles. The maximum atomic E-state index is 3.66. The largest absolute Gasteiger partial charge is 0.376 e. The van der Waals surface area contributed by atoms with Crippen LogP contribution in [-0.4, -0.2) is 12.6 Å². The van der Waals surface area contributed by atoms with Crippen LogP contribution in [0.25, 0.3) is 6.08 Å². The summed E-state index contributed by atoms with van der Waals surface area (Å²) in [4.78, 5) is 0. The summed E-state index contributed by atoms with van der Waals surface area (Å²) < 4.78 is 0. The highest BCUT2D eigenvalue weighted by Crippen LogP contribution is 2.31. The van der Waals surface area contributed by atoms with E-state index in [1.807, 2.05) is 0 Å². The SMILES string of the molecule is C1=CC(C2NCCc3ccccc32)Nc2ccccc21. The summed E-state index contributed by atoms with van der Waals surface area (Å²) in [6.45, 7) is 1.05. The average Bonchev–Trinajstić information content (AvgIpc) is 2.54. The third kappa shape index (κ3) is 1.93. The average molecular weight is 262 g/mol. The van der Waals surface area contributed by atoms with E-state index in [4.69, 9.17) is 0 Å². The highest BCUT2D eigenvalue weighted by Gasteiger charge is 2.27. The predicted molar refractivity (Wildman–Crippen MR) is 83.8 cm³/mol. The highest BCUT2D eigenvalue weighted by atomic mass is 15.0. The molecule has 2 heterocycles. The Kier molecular flexibility index (Phi) is 2.82. The molecule has 0 fully saturated rings. The molecule has 0 aromatic heterocycles. The molecule has 2 atom stereocenters. The van der Waals surface area contributed by atoms with E-state index >= 15 is 0 Å². The maximum absolute atomic E-state index is 3.66. The van der Waals surface area contributed by atoms with Crippen LogP contribution in [0.15, 0.2) is 54.6 Å². The third-order valence-corrected chi connectivity index (χ3v) is 4.27. The van der Waals surface area contributed by atoms with Gasteiger partial charge in [0.2, 0.25) is 0 Å². The minimum Gasteiger partial charge on any atom is -0.376 e. The van der Waals surface area contributed by atoms with E-state index in [1.165, 1.54) is 22.4 Å². The zero-order valence-corrected chi connectivity index (χ0v) is 11.3. The lowest BCUT2D eigenvalue weighted by atomic mass is 9.88. The lowest BCUT2D eigenvalue weighted by molar-refractivity contribution is 0.481. The summed E-state index contributed by atoms with van der Waals surface area (Å²) in [6.07, 6.45) is 5.64. The van der Waals surface area contributed by atoms with Gasteiger partial charge in [-0.3, -0.25) is 0 Å². The molecule has 0 saturated carbocycles. The second kappa shape index (κ2) is 4.80. The predicted octanol–water partition coefficient (Wildman–Crippen LogP) is 3.38. The molecule has 0 bridgehead atoms. The van der Waals surface area contributed by atoms with Gasteiger partial charge in [-0.25, -0.2) is 0 Å². The Morgan fingerprint density at radius 3 is 2.80 bits per heavy atom. The van der Waals surface area contributed by atoms with Gasteiger partial charge in [0.1, 0.15) is 0 Å². The number of fused-ring (bicyclic) bond motifs is 2. The maximum Gasteiger partial charge on any atom is 0.0643 e. The summed E-state index contributed by atoms with van der Waals surface area (Å²) in [5.41, 5.74) is 5.41. The van der Waals surface area contributed by atoms with E-state index in [0.717, 1.165) is 13.0 Å². The van der Waals surface area contributed by atoms with Crippen LogP contribution in [0.5, 0.6) is 0 Å². The summed E-state index contributed by atoms with van der Waals surface area (Å²) in [6, 6.07) is 17.9. The molecule has 20 heavy (non-hydrogen) atoms. The van der Waals surface area contributed by atoms with E-state index < -0.39 is 0 Å². The number of nitrogens with one attached hydrogen (secondary N) is 2. The molecule has 2 aliphatic rings. The van der Waals surface area contributed by atoms with E-state index in [-0.39, 0.29) is 0 Å². The molecule has 100 valence electrons. The van der Waals surface area contributed by atoms with Crippen molar-refractivity contribution in [3.8, 4) is 0 Å². The van der Waals surface area contributed by atoms with Crippen molar-refractivity contribution in [2.75, 3.05) is 11.9 Å². The van der Waals surface area contributed by atoms with Gasteiger partial charge in [0.15, 0.2) is 0 Å². The van der Waals surface area contributed by atoms with Crippen molar-refractivity contribution in [2.24, 2.45) is 0 Å². The molecule has 2 aromatic carbocycles. The third-order valence-electron chi connectivity index (χ3n) is 4.27. The first-order valence-corrected chi connectivity index (χ1v) is 7.27.